The lowest BCUT2D eigenvalue weighted by atomic mass is 10.2. The van der Waals surface area contributed by atoms with E-state index in [1.54, 1.807) is 6.08 Å². The molecule has 1 aromatic rings. The zero-order chi connectivity index (χ0) is 18.5. The highest BCUT2D eigenvalue weighted by molar-refractivity contribution is 8.26. The first-order valence-electron chi connectivity index (χ1n) is 8.02. The van der Waals surface area contributed by atoms with Gasteiger partial charge in [0, 0.05) is 5.75 Å². The van der Waals surface area contributed by atoms with Crippen molar-refractivity contribution in [1.29, 1.82) is 0 Å². The van der Waals surface area contributed by atoms with Crippen molar-refractivity contribution in [1.82, 2.24) is 10.2 Å². The highest BCUT2D eigenvalue weighted by Gasteiger charge is 2.33. The van der Waals surface area contributed by atoms with E-state index >= 15 is 0 Å². The molecule has 2 heterocycles. The highest BCUT2D eigenvalue weighted by Crippen LogP contribution is 2.32. The van der Waals surface area contributed by atoms with Crippen LogP contribution < -0.4 is 10.1 Å². The maximum atomic E-state index is 12.6. The number of nitrogens with zero attached hydrogens (tertiary/aromatic N) is 2. The quantitative estimate of drug-likeness (QED) is 0.597. The van der Waals surface area contributed by atoms with Gasteiger partial charge in [0.2, 0.25) is 5.91 Å². The lowest BCUT2D eigenvalue weighted by Crippen LogP contribution is -2.40. The van der Waals surface area contributed by atoms with E-state index in [1.807, 2.05) is 31.2 Å². The van der Waals surface area contributed by atoms with Crippen molar-refractivity contribution in [2.75, 3.05) is 25.4 Å². The molecule has 0 spiro atoms. The Bertz CT molecular complexity index is 790. The summed E-state index contributed by atoms with van der Waals surface area (Å²) >= 11 is 7.95. The fraction of sp³-hybridized carbons (Fsp3) is 0.294. The second-order valence-corrected chi connectivity index (χ2v) is 8.11. The predicted octanol–water partition coefficient (Wildman–Crippen LogP) is 2.51. The molecule has 0 unspecified atom stereocenters. The molecule has 1 saturated heterocycles. The lowest BCUT2D eigenvalue weighted by molar-refractivity contribution is -0.128. The van der Waals surface area contributed by atoms with Crippen LogP contribution in [0.3, 0.4) is 0 Å². The van der Waals surface area contributed by atoms with Gasteiger partial charge in [-0.3, -0.25) is 19.5 Å². The van der Waals surface area contributed by atoms with Crippen molar-refractivity contribution in [3.8, 4) is 5.75 Å². The molecule has 0 aromatic heterocycles. The summed E-state index contributed by atoms with van der Waals surface area (Å²) in [5.74, 6) is 1.09. The van der Waals surface area contributed by atoms with Crippen LogP contribution in [0.1, 0.15) is 12.5 Å². The summed E-state index contributed by atoms with van der Waals surface area (Å²) in [5, 5.41) is 3.31. The normalized spacial score (nSPS) is 18.4. The van der Waals surface area contributed by atoms with Gasteiger partial charge in [0.15, 0.2) is 5.17 Å². The number of ether oxygens (including phenoxy) is 1. The van der Waals surface area contributed by atoms with E-state index in [-0.39, 0.29) is 18.4 Å². The number of aliphatic imine (C=N–C) groups is 1. The lowest BCUT2D eigenvalue weighted by Gasteiger charge is -2.13. The molecule has 136 valence electrons. The van der Waals surface area contributed by atoms with Crippen LogP contribution in [0, 0.1) is 0 Å². The number of amides is 2. The fourth-order valence-electron chi connectivity index (χ4n) is 2.33. The third-order valence-electron chi connectivity index (χ3n) is 3.50. The van der Waals surface area contributed by atoms with Crippen molar-refractivity contribution in [2.24, 2.45) is 4.99 Å². The number of hydrogen-bond acceptors (Lipinski definition) is 7. The number of nitrogens with one attached hydrogen (secondary N) is 1. The number of amidine groups is 1. The predicted molar refractivity (Wildman–Crippen MR) is 110 cm³/mol. The van der Waals surface area contributed by atoms with Gasteiger partial charge in [0.05, 0.1) is 18.1 Å². The zero-order valence-corrected chi connectivity index (χ0v) is 16.5. The second kappa shape index (κ2) is 8.70. The first kappa shape index (κ1) is 18.9. The Hall–Kier alpha value is -1.84. The van der Waals surface area contributed by atoms with Gasteiger partial charge in [-0.1, -0.05) is 47.9 Å². The van der Waals surface area contributed by atoms with Crippen molar-refractivity contribution in [3.63, 3.8) is 0 Å². The summed E-state index contributed by atoms with van der Waals surface area (Å²) in [6, 6.07) is 7.45. The molecule has 1 fully saturated rings. The Morgan fingerprint density at radius 2 is 2.19 bits per heavy atom. The maximum Gasteiger partial charge on any atom is 0.266 e. The van der Waals surface area contributed by atoms with Gasteiger partial charge in [-0.05, 0) is 30.7 Å². The monoisotopic (exact) mass is 407 g/mol. The molecule has 1 N–H and O–H groups in total. The Kier molecular flexibility index (Phi) is 6.33. The molecule has 0 atom stereocenters. The smallest absolute Gasteiger partial charge is 0.266 e. The van der Waals surface area contributed by atoms with Gasteiger partial charge < -0.3 is 10.1 Å². The minimum absolute atomic E-state index is 0.106. The maximum absolute atomic E-state index is 12.6. The first-order valence-corrected chi connectivity index (χ1v) is 10.2. The second-order valence-electron chi connectivity index (χ2n) is 5.35. The van der Waals surface area contributed by atoms with Crippen LogP contribution in [0.25, 0.3) is 6.08 Å². The molecule has 3 rings (SSSR count). The van der Waals surface area contributed by atoms with Crippen molar-refractivity contribution < 1.29 is 14.3 Å². The fourth-order valence-corrected chi connectivity index (χ4v) is 4.33. The van der Waals surface area contributed by atoms with E-state index in [0.29, 0.717) is 27.5 Å². The number of benzene rings is 1. The van der Waals surface area contributed by atoms with E-state index in [2.05, 4.69) is 10.3 Å². The van der Waals surface area contributed by atoms with Crippen LogP contribution in [0.15, 0.2) is 34.2 Å². The third-order valence-corrected chi connectivity index (χ3v) is 5.77. The number of carbonyl (C=O) groups excluding carboxylic acids is 2. The van der Waals surface area contributed by atoms with Crippen molar-refractivity contribution >= 4 is 63.1 Å². The van der Waals surface area contributed by atoms with Crippen LogP contribution in [0.4, 0.5) is 0 Å². The summed E-state index contributed by atoms with van der Waals surface area (Å²) in [6.07, 6.45) is 1.77. The third kappa shape index (κ3) is 4.66. The molecular formula is C17H17N3O3S3. The van der Waals surface area contributed by atoms with Gasteiger partial charge in [0.25, 0.3) is 5.91 Å². The first-order chi connectivity index (χ1) is 12.6. The molecule has 0 saturated carbocycles. The van der Waals surface area contributed by atoms with Gasteiger partial charge in [-0.15, -0.1) is 0 Å². The van der Waals surface area contributed by atoms with E-state index in [0.717, 1.165) is 17.1 Å². The largest absolute Gasteiger partial charge is 0.494 e. The number of carbonyl (C=O) groups is 2. The topological polar surface area (TPSA) is 71.0 Å². The van der Waals surface area contributed by atoms with Crippen LogP contribution in [0.5, 0.6) is 5.75 Å². The number of thiocarbonyl (C=S) groups is 1. The minimum Gasteiger partial charge on any atom is -0.494 e. The molecule has 0 radical (unpaired) electrons. The van der Waals surface area contributed by atoms with Gasteiger partial charge in [-0.25, -0.2) is 0 Å². The highest BCUT2D eigenvalue weighted by atomic mass is 32.2. The Morgan fingerprint density at radius 1 is 1.42 bits per heavy atom. The summed E-state index contributed by atoms with van der Waals surface area (Å²) in [7, 11) is 0. The standard InChI is InChI=1S/C17H17N3O3S3/c1-2-23-12-5-3-11(4-6-12)9-13-15(22)20(17(24)26-13)10-14(21)19-16-18-7-8-25-16/h3-6,9H,2,7-8,10H2,1H3,(H,18,19,21). The summed E-state index contributed by atoms with van der Waals surface area (Å²) in [6.45, 7) is 3.12. The van der Waals surface area contributed by atoms with E-state index in [9.17, 15) is 9.59 Å². The van der Waals surface area contributed by atoms with Crippen molar-refractivity contribution in [3.05, 3.63) is 34.7 Å². The van der Waals surface area contributed by atoms with Crippen LogP contribution in [-0.2, 0) is 9.59 Å². The van der Waals surface area contributed by atoms with E-state index < -0.39 is 0 Å². The van der Waals surface area contributed by atoms with Crippen LogP contribution in [-0.4, -0.2) is 51.7 Å². The summed E-state index contributed by atoms with van der Waals surface area (Å²) in [4.78, 5) is 30.7. The van der Waals surface area contributed by atoms with E-state index in [1.165, 1.54) is 28.4 Å². The Morgan fingerprint density at radius 3 is 2.85 bits per heavy atom. The number of rotatable bonds is 5. The zero-order valence-electron chi connectivity index (χ0n) is 14.1. The van der Waals surface area contributed by atoms with Gasteiger partial charge >= 0.3 is 0 Å². The Labute approximate surface area is 165 Å². The molecule has 6 nitrogen and oxygen atoms in total. The average Bonchev–Trinajstić information content (AvgIpc) is 3.21. The van der Waals surface area contributed by atoms with E-state index in [4.69, 9.17) is 17.0 Å². The molecule has 2 aliphatic heterocycles. The minimum atomic E-state index is -0.295. The summed E-state index contributed by atoms with van der Waals surface area (Å²) < 4.78 is 5.78. The molecule has 26 heavy (non-hydrogen) atoms. The molecular weight excluding hydrogens is 390 g/mol. The molecule has 1 aromatic carbocycles. The molecule has 0 bridgehead atoms. The summed E-state index contributed by atoms with van der Waals surface area (Å²) in [5.41, 5.74) is 0.870. The van der Waals surface area contributed by atoms with Crippen LogP contribution >= 0.6 is 35.7 Å². The molecule has 2 amide bonds. The molecule has 9 heteroatoms. The van der Waals surface area contributed by atoms with Crippen LogP contribution in [0.2, 0.25) is 0 Å². The van der Waals surface area contributed by atoms with Gasteiger partial charge in [0.1, 0.15) is 16.6 Å². The Balaban J connectivity index is 1.64. The van der Waals surface area contributed by atoms with Gasteiger partial charge in [-0.2, -0.15) is 0 Å². The van der Waals surface area contributed by atoms with Crippen molar-refractivity contribution in [2.45, 2.75) is 6.92 Å². The number of hydrogen-bond donors (Lipinski definition) is 1. The molecule has 2 aliphatic rings. The average molecular weight is 408 g/mol. The SMILES string of the molecule is CCOc1ccc(C=C2SC(=S)N(CC(=O)NC3=NCCS3)C2=O)cc1. The number of thioether (sulfide) groups is 2. The molecule has 0 aliphatic carbocycles.